The van der Waals surface area contributed by atoms with Crippen molar-refractivity contribution in [1.82, 2.24) is 0 Å². The first-order valence-corrected chi connectivity index (χ1v) is 13.4. The lowest BCUT2D eigenvalue weighted by molar-refractivity contribution is -0.303. The van der Waals surface area contributed by atoms with E-state index < -0.39 is 35.8 Å². The van der Waals surface area contributed by atoms with Crippen LogP contribution in [-0.4, -0.2) is 51.9 Å². The van der Waals surface area contributed by atoms with E-state index in [1.807, 2.05) is 31.2 Å². The number of aliphatic hydroxyl groups is 3. The van der Waals surface area contributed by atoms with Crippen molar-refractivity contribution in [2.24, 2.45) is 5.73 Å². The van der Waals surface area contributed by atoms with E-state index >= 15 is 0 Å². The van der Waals surface area contributed by atoms with Crippen LogP contribution in [0, 0.1) is 5.82 Å². The van der Waals surface area contributed by atoms with Gasteiger partial charge in [-0.3, -0.25) is 4.79 Å². The van der Waals surface area contributed by atoms with Gasteiger partial charge in [-0.25, -0.2) is 4.39 Å². The van der Waals surface area contributed by atoms with Crippen LogP contribution < -0.4 is 10.5 Å². The van der Waals surface area contributed by atoms with Crippen molar-refractivity contribution >= 4 is 29.3 Å². The van der Waals surface area contributed by atoms with Crippen molar-refractivity contribution in [2.75, 3.05) is 12.4 Å². The first-order chi connectivity index (χ1) is 18.1. The second-order valence-electron chi connectivity index (χ2n) is 9.08. The van der Waals surface area contributed by atoms with E-state index in [1.165, 1.54) is 12.1 Å². The molecule has 1 fully saturated rings. The molecule has 0 bridgehead atoms. The largest absolute Gasteiger partial charge is 0.494 e. The van der Waals surface area contributed by atoms with Crippen LogP contribution in [0.3, 0.4) is 0 Å². The summed E-state index contributed by atoms with van der Waals surface area (Å²) in [6, 6.07) is 16.3. The van der Waals surface area contributed by atoms with Crippen LogP contribution in [0.15, 0.2) is 65.6 Å². The zero-order valence-corrected chi connectivity index (χ0v) is 22.2. The molecule has 5 N–H and O–H groups in total. The summed E-state index contributed by atoms with van der Waals surface area (Å²) in [5.74, 6) is -2.44. The average molecular weight is 562 g/mol. The monoisotopic (exact) mass is 561 g/mol. The maximum atomic E-state index is 14.3. The van der Waals surface area contributed by atoms with Gasteiger partial charge in [0.25, 0.3) is 0 Å². The number of carbonyl (C=O) groups is 1. The molecule has 0 aliphatic carbocycles. The molecule has 202 valence electrons. The molecular formula is C28H29ClFNO6S. The SMILES string of the molecule is CCOc1ccc(Cc2cc([C@]3(O)C[C@@H](O)[C@@H](O)[C@@H](CSc4cc(C(N)=O)ccc4F)O3)ccc2Cl)cc1. The van der Waals surface area contributed by atoms with Crippen molar-refractivity contribution < 1.29 is 34.0 Å². The fraction of sp³-hybridized carbons (Fsp3) is 0.321. The molecular weight excluding hydrogens is 533 g/mol. The number of thioether (sulfide) groups is 1. The molecule has 4 atom stereocenters. The van der Waals surface area contributed by atoms with E-state index in [-0.39, 0.29) is 22.6 Å². The number of benzene rings is 3. The molecule has 1 saturated heterocycles. The van der Waals surface area contributed by atoms with Crippen LogP contribution in [0.5, 0.6) is 5.75 Å². The number of nitrogens with two attached hydrogens (primary N) is 1. The Bertz CT molecular complexity index is 1290. The summed E-state index contributed by atoms with van der Waals surface area (Å²) in [7, 11) is 0. The standard InChI is InChI=1S/C28H29ClFNO6S/c1-2-36-20-7-3-16(4-8-20)11-18-12-19(6-9-21(18)29)28(35)14-23(32)26(33)24(37-28)15-38-25-13-17(27(31)34)5-10-22(25)30/h3-10,12-13,23-24,26,32-33,35H,2,11,14-15H2,1H3,(H2,31,34)/t23-,24-,26-,28+/m1/s1. The van der Waals surface area contributed by atoms with Gasteiger partial charge in [0.05, 0.1) is 18.8 Å². The van der Waals surface area contributed by atoms with E-state index in [9.17, 15) is 24.5 Å². The lowest BCUT2D eigenvalue weighted by atomic mass is 9.90. The minimum Gasteiger partial charge on any atom is -0.494 e. The molecule has 1 aliphatic rings. The summed E-state index contributed by atoms with van der Waals surface area (Å²) < 4.78 is 25.7. The molecule has 1 heterocycles. The molecule has 0 radical (unpaired) electrons. The molecule has 0 unspecified atom stereocenters. The van der Waals surface area contributed by atoms with Gasteiger partial charge in [-0.05, 0) is 66.9 Å². The average Bonchev–Trinajstić information content (AvgIpc) is 2.88. The van der Waals surface area contributed by atoms with Crippen molar-refractivity contribution in [1.29, 1.82) is 0 Å². The predicted octanol–water partition coefficient (Wildman–Crippen LogP) is 4.02. The lowest BCUT2D eigenvalue weighted by Crippen LogP contribution is -2.54. The number of aliphatic hydroxyl groups excluding tert-OH is 2. The molecule has 1 amide bonds. The number of hydrogen-bond acceptors (Lipinski definition) is 7. The Labute approximate surface area is 229 Å². The number of carbonyl (C=O) groups excluding carboxylic acids is 1. The van der Waals surface area contributed by atoms with E-state index in [0.717, 1.165) is 34.7 Å². The molecule has 1 aliphatic heterocycles. The molecule has 38 heavy (non-hydrogen) atoms. The molecule has 4 rings (SSSR count). The third kappa shape index (κ3) is 6.48. The maximum absolute atomic E-state index is 14.3. The summed E-state index contributed by atoms with van der Waals surface area (Å²) >= 11 is 7.43. The van der Waals surface area contributed by atoms with Gasteiger partial charge in [0.15, 0.2) is 5.79 Å². The molecule has 0 spiro atoms. The van der Waals surface area contributed by atoms with Crippen molar-refractivity contribution in [2.45, 2.75) is 48.8 Å². The lowest BCUT2D eigenvalue weighted by Gasteiger charge is -2.42. The van der Waals surface area contributed by atoms with Gasteiger partial charge in [-0.2, -0.15) is 0 Å². The fourth-order valence-corrected chi connectivity index (χ4v) is 5.53. The van der Waals surface area contributed by atoms with Crippen LogP contribution in [0.1, 0.15) is 40.4 Å². The third-order valence-electron chi connectivity index (χ3n) is 6.35. The summed E-state index contributed by atoms with van der Waals surface area (Å²) in [6.45, 7) is 2.48. The Morgan fingerprint density at radius 1 is 1.18 bits per heavy atom. The topological polar surface area (TPSA) is 122 Å². The second-order valence-corrected chi connectivity index (χ2v) is 10.6. The Balaban J connectivity index is 1.53. The van der Waals surface area contributed by atoms with E-state index in [2.05, 4.69) is 0 Å². The van der Waals surface area contributed by atoms with Gasteiger partial charge in [-0.15, -0.1) is 11.8 Å². The first kappa shape index (κ1) is 28.4. The number of hydrogen-bond donors (Lipinski definition) is 4. The number of primary amides is 1. The Hall–Kier alpha value is -2.66. The van der Waals surface area contributed by atoms with E-state index in [1.54, 1.807) is 18.2 Å². The molecule has 0 aromatic heterocycles. The van der Waals surface area contributed by atoms with Crippen molar-refractivity contribution in [3.8, 4) is 5.75 Å². The van der Waals surface area contributed by atoms with Gasteiger partial charge >= 0.3 is 0 Å². The minimum absolute atomic E-state index is 0.00764. The quantitative estimate of drug-likeness (QED) is 0.291. The highest BCUT2D eigenvalue weighted by Crippen LogP contribution is 2.39. The zero-order chi connectivity index (χ0) is 27.4. The van der Waals surface area contributed by atoms with Crippen LogP contribution in [0.2, 0.25) is 5.02 Å². The normalized spacial score (nSPS) is 23.3. The van der Waals surface area contributed by atoms with E-state index in [4.69, 9.17) is 26.8 Å². The summed E-state index contributed by atoms with van der Waals surface area (Å²) in [5, 5.41) is 33.1. The highest BCUT2D eigenvalue weighted by molar-refractivity contribution is 7.99. The summed E-state index contributed by atoms with van der Waals surface area (Å²) in [5.41, 5.74) is 7.51. The van der Waals surface area contributed by atoms with Crippen LogP contribution >= 0.6 is 23.4 Å². The minimum atomic E-state index is -1.92. The first-order valence-electron chi connectivity index (χ1n) is 12.1. The van der Waals surface area contributed by atoms with Gasteiger partial charge in [0.2, 0.25) is 5.91 Å². The predicted molar refractivity (Wildman–Crippen MR) is 143 cm³/mol. The smallest absolute Gasteiger partial charge is 0.248 e. The molecule has 3 aromatic rings. The number of rotatable bonds is 9. The summed E-state index contributed by atoms with van der Waals surface area (Å²) in [4.78, 5) is 11.6. The molecule has 0 saturated carbocycles. The Morgan fingerprint density at radius 2 is 1.92 bits per heavy atom. The maximum Gasteiger partial charge on any atom is 0.248 e. The fourth-order valence-electron chi connectivity index (χ4n) is 4.32. The van der Waals surface area contributed by atoms with Gasteiger partial charge in [0.1, 0.15) is 17.7 Å². The van der Waals surface area contributed by atoms with Crippen LogP contribution in [-0.2, 0) is 16.9 Å². The van der Waals surface area contributed by atoms with Gasteiger partial charge < -0.3 is 30.5 Å². The summed E-state index contributed by atoms with van der Waals surface area (Å²) in [6.07, 6.45) is -3.46. The number of ether oxygens (including phenoxy) is 2. The number of amides is 1. The molecule has 7 nitrogen and oxygen atoms in total. The Kier molecular flexibility index (Phi) is 8.97. The van der Waals surface area contributed by atoms with Crippen molar-refractivity contribution in [3.63, 3.8) is 0 Å². The van der Waals surface area contributed by atoms with E-state index in [0.29, 0.717) is 23.6 Å². The third-order valence-corrected chi connectivity index (χ3v) is 7.84. The highest BCUT2D eigenvalue weighted by atomic mass is 35.5. The second kappa shape index (κ2) is 12.0. The van der Waals surface area contributed by atoms with Gasteiger partial charge in [-0.1, -0.05) is 29.8 Å². The van der Waals surface area contributed by atoms with Crippen LogP contribution in [0.25, 0.3) is 0 Å². The number of halogens is 2. The van der Waals surface area contributed by atoms with Crippen LogP contribution in [0.4, 0.5) is 4.39 Å². The van der Waals surface area contributed by atoms with Gasteiger partial charge in [0, 0.05) is 33.2 Å². The van der Waals surface area contributed by atoms with Crippen molar-refractivity contribution in [3.05, 3.63) is 93.8 Å². The molecule has 3 aromatic carbocycles. The highest BCUT2D eigenvalue weighted by Gasteiger charge is 2.46. The molecule has 10 heteroatoms. The zero-order valence-electron chi connectivity index (χ0n) is 20.6. The Morgan fingerprint density at radius 3 is 2.61 bits per heavy atom.